The lowest BCUT2D eigenvalue weighted by atomic mass is 10.2. The number of amides is 1. The molecular weight excluding hydrogens is 358 g/mol. The molecule has 4 aromatic rings. The first-order chi connectivity index (χ1) is 13.6. The molecule has 0 aliphatic carbocycles. The molecule has 0 fully saturated rings. The van der Waals surface area contributed by atoms with Crippen LogP contribution in [0.25, 0.3) is 22.1 Å². The van der Waals surface area contributed by atoms with Crippen LogP contribution < -0.4 is 10.3 Å². The highest BCUT2D eigenvalue weighted by Gasteiger charge is 2.16. The lowest BCUT2D eigenvalue weighted by molar-refractivity contribution is -0.131. The van der Waals surface area contributed by atoms with Gasteiger partial charge in [-0.3, -0.25) is 14.2 Å². The van der Waals surface area contributed by atoms with Gasteiger partial charge in [0.2, 0.25) is 11.5 Å². The minimum atomic E-state index is -0.371. The van der Waals surface area contributed by atoms with Crippen LogP contribution in [-0.2, 0) is 17.9 Å². The molecule has 7 heteroatoms. The van der Waals surface area contributed by atoms with Crippen LogP contribution in [0, 0.1) is 0 Å². The number of fused-ring (bicyclic) bond motifs is 3. The second-order valence-electron chi connectivity index (χ2n) is 6.55. The van der Waals surface area contributed by atoms with Gasteiger partial charge in [-0.2, -0.15) is 0 Å². The van der Waals surface area contributed by atoms with E-state index in [9.17, 15) is 9.59 Å². The first-order valence-corrected chi connectivity index (χ1v) is 8.80. The van der Waals surface area contributed by atoms with Gasteiger partial charge in [0.1, 0.15) is 23.4 Å². The van der Waals surface area contributed by atoms with Crippen molar-refractivity contribution in [3.63, 3.8) is 0 Å². The Morgan fingerprint density at radius 1 is 1.21 bits per heavy atom. The van der Waals surface area contributed by atoms with E-state index >= 15 is 0 Å². The zero-order chi connectivity index (χ0) is 19.7. The van der Waals surface area contributed by atoms with Crippen molar-refractivity contribution >= 4 is 28.0 Å². The van der Waals surface area contributed by atoms with Crippen molar-refractivity contribution in [1.29, 1.82) is 0 Å². The maximum absolute atomic E-state index is 12.7. The third-order valence-corrected chi connectivity index (χ3v) is 4.64. The Labute approximate surface area is 160 Å². The van der Waals surface area contributed by atoms with E-state index in [4.69, 9.17) is 9.15 Å². The van der Waals surface area contributed by atoms with E-state index in [0.717, 1.165) is 16.7 Å². The molecule has 0 aliphatic heterocycles. The Morgan fingerprint density at radius 3 is 2.86 bits per heavy atom. The Hall–Kier alpha value is -3.61. The molecule has 0 atom stereocenters. The molecule has 2 heterocycles. The Morgan fingerprint density at radius 2 is 2.04 bits per heavy atom. The first kappa shape index (κ1) is 17.8. The molecule has 0 unspecified atom stereocenters. The Balaban J connectivity index is 1.56. The second-order valence-corrected chi connectivity index (χ2v) is 6.55. The number of furan rings is 1. The fourth-order valence-corrected chi connectivity index (χ4v) is 3.13. The Bertz CT molecular complexity index is 1230. The normalized spacial score (nSPS) is 11.1. The van der Waals surface area contributed by atoms with Gasteiger partial charge in [0, 0.05) is 19.0 Å². The van der Waals surface area contributed by atoms with Gasteiger partial charge >= 0.3 is 0 Å². The summed E-state index contributed by atoms with van der Waals surface area (Å²) in [6.45, 7) is 0.296. The maximum Gasteiger partial charge on any atom is 0.297 e. The summed E-state index contributed by atoms with van der Waals surface area (Å²) in [5.74, 6) is 0.524. The van der Waals surface area contributed by atoms with Crippen LogP contribution in [-0.4, -0.2) is 34.5 Å². The van der Waals surface area contributed by atoms with Gasteiger partial charge in [-0.15, -0.1) is 0 Å². The average molecular weight is 377 g/mol. The summed E-state index contributed by atoms with van der Waals surface area (Å²) >= 11 is 0. The number of carbonyl (C=O) groups excluding carboxylic acids is 1. The summed E-state index contributed by atoms with van der Waals surface area (Å²) in [5, 5.41) is 0.781. The number of ether oxygens (including phenoxy) is 1. The monoisotopic (exact) mass is 377 g/mol. The number of nitrogens with zero attached hydrogens (tertiary/aromatic N) is 3. The number of hydrogen-bond acceptors (Lipinski definition) is 5. The van der Waals surface area contributed by atoms with Crippen LogP contribution in [0.1, 0.15) is 5.56 Å². The largest absolute Gasteiger partial charge is 0.497 e. The summed E-state index contributed by atoms with van der Waals surface area (Å²) in [4.78, 5) is 31.2. The van der Waals surface area contributed by atoms with Crippen LogP contribution in [0.4, 0.5) is 0 Å². The van der Waals surface area contributed by atoms with Crippen molar-refractivity contribution in [2.45, 2.75) is 13.1 Å². The molecule has 142 valence electrons. The van der Waals surface area contributed by atoms with Crippen LogP contribution in [0.5, 0.6) is 5.75 Å². The molecule has 28 heavy (non-hydrogen) atoms. The van der Waals surface area contributed by atoms with E-state index in [-0.39, 0.29) is 23.6 Å². The molecule has 1 amide bonds. The SMILES string of the molecule is COc1cccc(CN(C)C(=O)Cn2cnc3c(oc4ccccc43)c2=O)c1. The van der Waals surface area contributed by atoms with Gasteiger partial charge in [0.05, 0.1) is 13.4 Å². The molecular formula is C21H19N3O4. The highest BCUT2D eigenvalue weighted by Crippen LogP contribution is 2.24. The van der Waals surface area contributed by atoms with Gasteiger partial charge < -0.3 is 14.1 Å². The van der Waals surface area contributed by atoms with Crippen molar-refractivity contribution in [3.8, 4) is 5.75 Å². The van der Waals surface area contributed by atoms with Gasteiger partial charge in [0.15, 0.2) is 0 Å². The lowest BCUT2D eigenvalue weighted by Crippen LogP contribution is -2.33. The van der Waals surface area contributed by atoms with Crippen LogP contribution in [0.3, 0.4) is 0 Å². The summed E-state index contributed by atoms with van der Waals surface area (Å²) < 4.78 is 12.1. The molecule has 0 aliphatic rings. The molecule has 4 rings (SSSR count). The van der Waals surface area contributed by atoms with Crippen molar-refractivity contribution in [2.75, 3.05) is 14.2 Å². The number of carbonyl (C=O) groups is 1. The molecule has 0 bridgehead atoms. The topological polar surface area (TPSA) is 77.6 Å². The number of rotatable bonds is 5. The van der Waals surface area contributed by atoms with Crippen molar-refractivity contribution in [3.05, 3.63) is 70.8 Å². The third kappa shape index (κ3) is 3.22. The van der Waals surface area contributed by atoms with Crippen molar-refractivity contribution in [1.82, 2.24) is 14.5 Å². The quantitative estimate of drug-likeness (QED) is 0.534. The smallest absolute Gasteiger partial charge is 0.297 e. The van der Waals surface area contributed by atoms with E-state index in [1.54, 1.807) is 25.1 Å². The molecule has 0 saturated heterocycles. The molecule has 0 radical (unpaired) electrons. The first-order valence-electron chi connectivity index (χ1n) is 8.80. The zero-order valence-corrected chi connectivity index (χ0v) is 15.6. The second kappa shape index (κ2) is 7.19. The number of benzene rings is 2. The van der Waals surface area contributed by atoms with Gasteiger partial charge in [-0.05, 0) is 29.8 Å². The Kier molecular flexibility index (Phi) is 4.57. The standard InChI is InChI=1S/C21H19N3O4/c1-23(11-14-6-5-7-15(10-14)27-2)18(25)12-24-13-22-19-16-8-3-4-9-17(16)28-20(19)21(24)26/h3-10,13H,11-12H2,1-2H3. The fraction of sp³-hybridized carbons (Fsp3) is 0.190. The van der Waals surface area contributed by atoms with Crippen LogP contribution >= 0.6 is 0 Å². The summed E-state index contributed by atoms with van der Waals surface area (Å²) in [6, 6.07) is 14.8. The minimum Gasteiger partial charge on any atom is -0.497 e. The molecule has 2 aromatic heterocycles. The number of hydrogen-bond donors (Lipinski definition) is 0. The van der Waals surface area contributed by atoms with Crippen molar-refractivity contribution in [2.24, 2.45) is 0 Å². The van der Waals surface area contributed by atoms with E-state index in [1.165, 1.54) is 10.9 Å². The lowest BCUT2D eigenvalue weighted by Gasteiger charge is -2.18. The third-order valence-electron chi connectivity index (χ3n) is 4.64. The van der Waals surface area contributed by atoms with E-state index in [0.29, 0.717) is 17.6 Å². The van der Waals surface area contributed by atoms with Gasteiger partial charge in [0.25, 0.3) is 5.56 Å². The van der Waals surface area contributed by atoms with E-state index < -0.39 is 0 Å². The average Bonchev–Trinajstić information content (AvgIpc) is 3.09. The number of para-hydroxylation sites is 1. The van der Waals surface area contributed by atoms with E-state index in [1.807, 2.05) is 42.5 Å². The maximum atomic E-state index is 12.7. The van der Waals surface area contributed by atoms with Crippen LogP contribution in [0.15, 0.2) is 64.1 Å². The number of likely N-dealkylation sites (N-methyl/N-ethyl adjacent to an activating group) is 1. The highest BCUT2D eigenvalue weighted by atomic mass is 16.5. The summed E-state index contributed by atoms with van der Waals surface area (Å²) in [7, 11) is 3.29. The molecule has 0 saturated carbocycles. The minimum absolute atomic E-state index is 0.112. The van der Waals surface area contributed by atoms with E-state index in [2.05, 4.69) is 4.98 Å². The zero-order valence-electron chi connectivity index (χ0n) is 15.6. The van der Waals surface area contributed by atoms with Gasteiger partial charge in [-0.25, -0.2) is 4.98 Å². The fourth-order valence-electron chi connectivity index (χ4n) is 3.13. The molecule has 0 N–H and O–H groups in total. The number of methoxy groups -OCH3 is 1. The summed E-state index contributed by atoms with van der Waals surface area (Å²) in [6.07, 6.45) is 1.39. The predicted octanol–water partition coefficient (Wildman–Crippen LogP) is 2.81. The highest BCUT2D eigenvalue weighted by molar-refractivity contribution is 6.01. The molecule has 2 aromatic carbocycles. The predicted molar refractivity (Wildman–Crippen MR) is 105 cm³/mol. The van der Waals surface area contributed by atoms with Gasteiger partial charge in [-0.1, -0.05) is 24.3 Å². The summed E-state index contributed by atoms with van der Waals surface area (Å²) in [5.41, 5.74) is 1.83. The molecule has 7 nitrogen and oxygen atoms in total. The molecule has 0 spiro atoms. The van der Waals surface area contributed by atoms with Crippen LogP contribution in [0.2, 0.25) is 0 Å². The van der Waals surface area contributed by atoms with Crippen molar-refractivity contribution < 1.29 is 13.9 Å². The number of aromatic nitrogens is 2.